The van der Waals surface area contributed by atoms with Crippen molar-refractivity contribution in [2.45, 2.75) is 45.1 Å². The van der Waals surface area contributed by atoms with E-state index < -0.39 is 0 Å². The SMILES string of the molecule is Cc1c(C(=O)N(C)C2CCN(C)CC2)oc2c1/C(=N/NC(=O)c1ccccc1Cl)CCC2. The topological polar surface area (TPSA) is 78.2 Å². The fourth-order valence-electron chi connectivity index (χ4n) is 4.52. The van der Waals surface area contributed by atoms with Gasteiger partial charge in [-0.3, -0.25) is 9.59 Å². The fraction of sp³-hybridized carbons (Fsp3) is 0.458. The summed E-state index contributed by atoms with van der Waals surface area (Å²) in [5.41, 5.74) is 5.35. The lowest BCUT2D eigenvalue weighted by atomic mass is 9.93. The molecule has 0 bridgehead atoms. The van der Waals surface area contributed by atoms with E-state index in [1.54, 1.807) is 24.3 Å². The maximum absolute atomic E-state index is 13.3. The van der Waals surface area contributed by atoms with Crippen LogP contribution in [-0.4, -0.2) is 60.6 Å². The maximum Gasteiger partial charge on any atom is 0.289 e. The third kappa shape index (κ3) is 4.45. The lowest BCUT2D eigenvalue weighted by Crippen LogP contribution is -2.44. The third-order valence-electron chi connectivity index (χ3n) is 6.49. The molecule has 0 atom stereocenters. The largest absolute Gasteiger partial charge is 0.455 e. The Hall–Kier alpha value is -2.64. The molecule has 32 heavy (non-hydrogen) atoms. The number of amides is 2. The average molecular weight is 457 g/mol. The summed E-state index contributed by atoms with van der Waals surface area (Å²) in [6, 6.07) is 7.06. The first-order valence-electron chi connectivity index (χ1n) is 11.1. The van der Waals surface area contributed by atoms with Crippen molar-refractivity contribution in [3.8, 4) is 0 Å². The number of furan rings is 1. The number of hydrogen-bond acceptors (Lipinski definition) is 5. The molecule has 1 saturated heterocycles. The molecule has 2 aliphatic rings. The molecular formula is C24H29ClN4O3. The Kier molecular flexibility index (Phi) is 6.67. The van der Waals surface area contributed by atoms with Gasteiger partial charge in [0.1, 0.15) is 5.76 Å². The molecule has 1 fully saturated rings. The highest BCUT2D eigenvalue weighted by Crippen LogP contribution is 2.31. The van der Waals surface area contributed by atoms with Gasteiger partial charge in [0.25, 0.3) is 11.8 Å². The minimum absolute atomic E-state index is 0.0918. The number of carbonyl (C=O) groups is 2. The molecule has 0 unspecified atom stereocenters. The summed E-state index contributed by atoms with van der Waals surface area (Å²) in [7, 11) is 3.96. The molecule has 8 heteroatoms. The van der Waals surface area contributed by atoms with Gasteiger partial charge in [-0.1, -0.05) is 23.7 Å². The summed E-state index contributed by atoms with van der Waals surface area (Å²) in [6.45, 7) is 3.87. The Labute approximate surface area is 193 Å². The summed E-state index contributed by atoms with van der Waals surface area (Å²) in [5, 5.41) is 4.76. The van der Waals surface area contributed by atoms with Gasteiger partial charge >= 0.3 is 0 Å². The lowest BCUT2D eigenvalue weighted by molar-refractivity contribution is 0.0625. The van der Waals surface area contributed by atoms with E-state index in [9.17, 15) is 9.59 Å². The zero-order valence-corrected chi connectivity index (χ0v) is 19.5. The lowest BCUT2D eigenvalue weighted by Gasteiger charge is -2.34. The highest BCUT2D eigenvalue weighted by atomic mass is 35.5. The number of piperidine rings is 1. The second-order valence-corrected chi connectivity index (χ2v) is 9.04. The van der Waals surface area contributed by atoms with Gasteiger partial charge < -0.3 is 14.2 Å². The molecule has 1 aliphatic heterocycles. The quantitative estimate of drug-likeness (QED) is 0.708. The highest BCUT2D eigenvalue weighted by molar-refractivity contribution is 6.33. The van der Waals surface area contributed by atoms with E-state index in [1.807, 2.05) is 18.9 Å². The number of hydrazone groups is 1. The van der Waals surface area contributed by atoms with E-state index in [4.69, 9.17) is 16.0 Å². The molecule has 1 N–H and O–H groups in total. The van der Waals surface area contributed by atoms with Crippen LogP contribution in [0, 0.1) is 6.92 Å². The number of likely N-dealkylation sites (tertiary alicyclic amines) is 1. The van der Waals surface area contributed by atoms with Crippen molar-refractivity contribution in [3.05, 3.63) is 57.5 Å². The minimum Gasteiger partial charge on any atom is -0.455 e. The number of aryl methyl sites for hydroxylation is 1. The van der Waals surface area contributed by atoms with Crippen molar-refractivity contribution >= 4 is 29.1 Å². The van der Waals surface area contributed by atoms with Crippen molar-refractivity contribution in [2.75, 3.05) is 27.2 Å². The molecule has 0 radical (unpaired) electrons. The van der Waals surface area contributed by atoms with Crippen LogP contribution in [-0.2, 0) is 6.42 Å². The second-order valence-electron chi connectivity index (χ2n) is 8.64. The van der Waals surface area contributed by atoms with Crippen LogP contribution in [0.5, 0.6) is 0 Å². The Balaban J connectivity index is 1.55. The van der Waals surface area contributed by atoms with Crippen LogP contribution in [0.3, 0.4) is 0 Å². The molecule has 4 rings (SSSR count). The smallest absolute Gasteiger partial charge is 0.289 e. The van der Waals surface area contributed by atoms with E-state index in [0.717, 1.165) is 61.4 Å². The van der Waals surface area contributed by atoms with E-state index in [2.05, 4.69) is 22.5 Å². The van der Waals surface area contributed by atoms with Crippen LogP contribution in [0.1, 0.15) is 63.5 Å². The number of nitrogens with one attached hydrogen (secondary N) is 1. The van der Waals surface area contributed by atoms with Gasteiger partial charge in [-0.25, -0.2) is 5.43 Å². The van der Waals surface area contributed by atoms with Gasteiger partial charge in [0.15, 0.2) is 5.76 Å². The van der Waals surface area contributed by atoms with Crippen LogP contribution in [0.15, 0.2) is 33.8 Å². The summed E-state index contributed by atoms with van der Waals surface area (Å²) >= 11 is 6.12. The third-order valence-corrected chi connectivity index (χ3v) is 6.82. The number of hydrogen-bond donors (Lipinski definition) is 1. The number of fused-ring (bicyclic) bond motifs is 1. The summed E-state index contributed by atoms with van der Waals surface area (Å²) in [4.78, 5) is 29.9. The van der Waals surface area contributed by atoms with E-state index >= 15 is 0 Å². The van der Waals surface area contributed by atoms with Crippen molar-refractivity contribution in [3.63, 3.8) is 0 Å². The normalized spacial score (nSPS) is 18.4. The molecule has 2 heterocycles. The summed E-state index contributed by atoms with van der Waals surface area (Å²) < 4.78 is 6.06. The number of rotatable bonds is 4. The predicted octanol–water partition coefficient (Wildman–Crippen LogP) is 3.88. The molecular weight excluding hydrogens is 428 g/mol. The standard InChI is InChI=1S/C24H29ClN4O3/c1-15-21-19(26-27-23(30)17-7-4-5-8-18(17)25)9-6-10-20(21)32-22(15)24(31)29(3)16-11-13-28(2)14-12-16/h4-5,7-8,16H,6,9-14H2,1-3H3,(H,27,30)/b26-19+. The Bertz CT molecular complexity index is 1050. The Morgan fingerprint density at radius 3 is 2.66 bits per heavy atom. The minimum atomic E-state index is -0.366. The molecule has 2 aromatic rings. The Morgan fingerprint density at radius 2 is 1.94 bits per heavy atom. The van der Waals surface area contributed by atoms with Crippen molar-refractivity contribution in [2.24, 2.45) is 5.10 Å². The molecule has 1 aliphatic carbocycles. The van der Waals surface area contributed by atoms with Crippen molar-refractivity contribution in [1.82, 2.24) is 15.2 Å². The second kappa shape index (κ2) is 9.46. The predicted molar refractivity (Wildman–Crippen MR) is 124 cm³/mol. The monoisotopic (exact) mass is 456 g/mol. The van der Waals surface area contributed by atoms with Crippen LogP contribution < -0.4 is 5.43 Å². The van der Waals surface area contributed by atoms with Crippen molar-refractivity contribution < 1.29 is 14.0 Å². The molecule has 0 saturated carbocycles. The number of halogens is 1. The van der Waals surface area contributed by atoms with Gasteiger partial charge in [-0.15, -0.1) is 0 Å². The molecule has 0 spiro atoms. The zero-order valence-electron chi connectivity index (χ0n) is 18.8. The number of carbonyl (C=O) groups excluding carboxylic acids is 2. The summed E-state index contributed by atoms with van der Waals surface area (Å²) in [6.07, 6.45) is 4.21. The van der Waals surface area contributed by atoms with Crippen LogP contribution in [0.2, 0.25) is 5.02 Å². The van der Waals surface area contributed by atoms with Crippen molar-refractivity contribution in [1.29, 1.82) is 0 Å². The number of benzene rings is 1. The van der Waals surface area contributed by atoms with Gasteiger partial charge in [0, 0.05) is 30.6 Å². The van der Waals surface area contributed by atoms with E-state index in [0.29, 0.717) is 22.8 Å². The van der Waals surface area contributed by atoms with Crippen LogP contribution in [0.4, 0.5) is 0 Å². The van der Waals surface area contributed by atoms with Gasteiger partial charge in [0.2, 0.25) is 0 Å². The summed E-state index contributed by atoms with van der Waals surface area (Å²) in [5.74, 6) is 0.684. The molecule has 7 nitrogen and oxygen atoms in total. The first-order chi connectivity index (χ1) is 15.4. The van der Waals surface area contributed by atoms with Crippen LogP contribution in [0.25, 0.3) is 0 Å². The Morgan fingerprint density at radius 1 is 1.22 bits per heavy atom. The molecule has 170 valence electrons. The maximum atomic E-state index is 13.3. The number of nitrogens with zero attached hydrogens (tertiary/aromatic N) is 3. The highest BCUT2D eigenvalue weighted by Gasteiger charge is 2.32. The first-order valence-corrected chi connectivity index (χ1v) is 11.4. The van der Waals surface area contributed by atoms with Gasteiger partial charge in [-0.2, -0.15) is 5.10 Å². The molecule has 1 aromatic carbocycles. The van der Waals surface area contributed by atoms with Gasteiger partial charge in [-0.05, 0) is 64.9 Å². The van der Waals surface area contributed by atoms with Crippen LogP contribution >= 0.6 is 11.6 Å². The molecule has 1 aromatic heterocycles. The van der Waals surface area contributed by atoms with Gasteiger partial charge in [0.05, 0.1) is 16.3 Å². The molecule has 2 amide bonds. The van der Waals surface area contributed by atoms with E-state index in [1.165, 1.54) is 0 Å². The average Bonchev–Trinajstić information content (AvgIpc) is 3.14. The zero-order chi connectivity index (χ0) is 22.8. The first kappa shape index (κ1) is 22.6. The van der Waals surface area contributed by atoms with E-state index in [-0.39, 0.29) is 17.9 Å². The fourth-order valence-corrected chi connectivity index (χ4v) is 4.74.